The molecule has 0 aromatic heterocycles. The van der Waals surface area contributed by atoms with E-state index in [2.05, 4.69) is 9.47 Å². The zero-order valence-corrected chi connectivity index (χ0v) is 18.5. The van der Waals surface area contributed by atoms with Crippen molar-refractivity contribution in [3.63, 3.8) is 0 Å². The lowest BCUT2D eigenvalue weighted by atomic mass is 10.6. The Bertz CT molecular complexity index is 355. The molecule has 0 saturated carbocycles. The van der Waals surface area contributed by atoms with Gasteiger partial charge in [0.05, 0.1) is 14.2 Å². The SMILES string of the molecule is CC(=O)N(C)C.CC(=O)N(C)C.CC=CC.COC(C)=O.COC(C)=O. The molecule has 0 fully saturated rings. The average Bonchev–Trinajstić information content (AvgIpc) is 2.56. The molecule has 0 heterocycles. The van der Waals surface area contributed by atoms with E-state index in [1.165, 1.54) is 51.7 Å². The highest BCUT2D eigenvalue weighted by atomic mass is 16.5. The molecule has 0 spiro atoms. The molecule has 0 N–H and O–H groups in total. The van der Waals surface area contributed by atoms with E-state index in [0.717, 1.165) is 0 Å². The maximum Gasteiger partial charge on any atom is 0.302 e. The molecule has 0 aliphatic heterocycles. The van der Waals surface area contributed by atoms with Crippen LogP contribution in [0, 0.1) is 0 Å². The van der Waals surface area contributed by atoms with E-state index in [9.17, 15) is 19.2 Å². The van der Waals surface area contributed by atoms with Crippen molar-refractivity contribution in [3.05, 3.63) is 12.2 Å². The van der Waals surface area contributed by atoms with E-state index in [1.54, 1.807) is 28.2 Å². The van der Waals surface area contributed by atoms with Crippen LogP contribution in [0.1, 0.15) is 41.5 Å². The van der Waals surface area contributed by atoms with Gasteiger partial charge in [-0.2, -0.15) is 0 Å². The van der Waals surface area contributed by atoms with Crippen molar-refractivity contribution in [1.29, 1.82) is 0 Å². The minimum absolute atomic E-state index is 0.0926. The van der Waals surface area contributed by atoms with E-state index in [0.29, 0.717) is 0 Å². The number of rotatable bonds is 0. The summed E-state index contributed by atoms with van der Waals surface area (Å²) >= 11 is 0. The van der Waals surface area contributed by atoms with Gasteiger partial charge in [0, 0.05) is 55.9 Å². The van der Waals surface area contributed by atoms with E-state index in [4.69, 9.17) is 0 Å². The molecule has 0 bridgehead atoms. The van der Waals surface area contributed by atoms with Gasteiger partial charge in [0.2, 0.25) is 11.8 Å². The molecule has 0 aliphatic rings. The van der Waals surface area contributed by atoms with Gasteiger partial charge in [-0.1, -0.05) is 12.2 Å². The molecular formula is C18H38N2O6. The molecule has 156 valence electrons. The second kappa shape index (κ2) is 27.5. The number of methoxy groups -OCH3 is 2. The number of hydrogen-bond acceptors (Lipinski definition) is 6. The molecule has 0 aromatic rings. The van der Waals surface area contributed by atoms with Crippen LogP contribution in [0.15, 0.2) is 12.2 Å². The highest BCUT2D eigenvalue weighted by molar-refractivity contribution is 5.72. The van der Waals surface area contributed by atoms with Gasteiger partial charge in [0.25, 0.3) is 0 Å². The predicted molar refractivity (Wildman–Crippen MR) is 105 cm³/mol. The molecule has 0 aromatic carbocycles. The van der Waals surface area contributed by atoms with Gasteiger partial charge in [-0.3, -0.25) is 19.2 Å². The van der Waals surface area contributed by atoms with Crippen molar-refractivity contribution in [2.75, 3.05) is 42.4 Å². The molecule has 2 amide bonds. The van der Waals surface area contributed by atoms with E-state index in [1.807, 2.05) is 26.0 Å². The average molecular weight is 379 g/mol. The summed E-state index contributed by atoms with van der Waals surface area (Å²) in [7, 11) is 9.60. The molecule has 0 atom stereocenters. The number of amides is 2. The first-order valence-electron chi connectivity index (χ1n) is 7.77. The van der Waals surface area contributed by atoms with Crippen LogP contribution >= 0.6 is 0 Å². The summed E-state index contributed by atoms with van der Waals surface area (Å²) in [6.07, 6.45) is 4.00. The Labute approximate surface area is 159 Å². The maximum absolute atomic E-state index is 10.1. The van der Waals surface area contributed by atoms with Crippen molar-refractivity contribution < 1.29 is 28.7 Å². The van der Waals surface area contributed by atoms with Crippen LogP contribution in [0.4, 0.5) is 0 Å². The summed E-state index contributed by atoms with van der Waals surface area (Å²) in [5.74, 6) is -0.306. The largest absolute Gasteiger partial charge is 0.469 e. The Kier molecular flexibility index (Phi) is 36.8. The fraction of sp³-hybridized carbons (Fsp3) is 0.667. The molecule has 0 rings (SSSR count). The van der Waals surface area contributed by atoms with Crippen LogP contribution in [0.25, 0.3) is 0 Å². The first kappa shape index (κ1) is 34.9. The van der Waals surface area contributed by atoms with Gasteiger partial charge in [0.1, 0.15) is 0 Å². The zero-order valence-electron chi connectivity index (χ0n) is 18.5. The summed E-state index contributed by atoms with van der Waals surface area (Å²) in [6.45, 7) is 9.78. The fourth-order valence-corrected chi connectivity index (χ4v) is 0. The van der Waals surface area contributed by atoms with Gasteiger partial charge in [-0.25, -0.2) is 0 Å². The molecule has 0 saturated heterocycles. The van der Waals surface area contributed by atoms with Crippen molar-refractivity contribution in [2.45, 2.75) is 41.5 Å². The van der Waals surface area contributed by atoms with Gasteiger partial charge in [-0.15, -0.1) is 0 Å². The molecule has 8 nitrogen and oxygen atoms in total. The summed E-state index contributed by atoms with van der Waals surface area (Å²) in [5, 5.41) is 0. The van der Waals surface area contributed by atoms with Crippen molar-refractivity contribution in [3.8, 4) is 0 Å². The lowest BCUT2D eigenvalue weighted by molar-refractivity contribution is -0.138. The van der Waals surface area contributed by atoms with Crippen molar-refractivity contribution >= 4 is 23.8 Å². The topological polar surface area (TPSA) is 93.2 Å². The lowest BCUT2D eigenvalue weighted by Crippen LogP contribution is -2.17. The smallest absolute Gasteiger partial charge is 0.302 e. The highest BCUT2D eigenvalue weighted by Gasteiger charge is 1.88. The number of carbonyl (C=O) groups is 4. The molecule has 26 heavy (non-hydrogen) atoms. The Morgan fingerprint density at radius 1 is 0.615 bits per heavy atom. The molecular weight excluding hydrogens is 340 g/mol. The normalized spacial score (nSPS) is 7.69. The third-order valence-corrected chi connectivity index (χ3v) is 2.17. The van der Waals surface area contributed by atoms with Crippen molar-refractivity contribution in [1.82, 2.24) is 9.80 Å². The molecule has 0 radical (unpaired) electrons. The van der Waals surface area contributed by atoms with Gasteiger partial charge in [0.15, 0.2) is 0 Å². The molecule has 0 unspecified atom stereocenters. The highest BCUT2D eigenvalue weighted by Crippen LogP contribution is 1.70. The third kappa shape index (κ3) is 81.5. The van der Waals surface area contributed by atoms with Crippen molar-refractivity contribution in [2.24, 2.45) is 0 Å². The van der Waals surface area contributed by atoms with Gasteiger partial charge < -0.3 is 19.3 Å². The monoisotopic (exact) mass is 378 g/mol. The zero-order chi connectivity index (χ0) is 22.3. The van der Waals surface area contributed by atoms with Crippen LogP contribution < -0.4 is 0 Å². The number of hydrogen-bond donors (Lipinski definition) is 0. The Hall–Kier alpha value is -2.38. The summed E-state index contributed by atoms with van der Waals surface area (Å²) in [5.41, 5.74) is 0. The second-order valence-electron chi connectivity index (χ2n) is 4.88. The first-order chi connectivity index (χ1) is 11.7. The minimum Gasteiger partial charge on any atom is -0.469 e. The Morgan fingerprint density at radius 2 is 0.731 bits per heavy atom. The second-order valence-corrected chi connectivity index (χ2v) is 4.88. The van der Waals surface area contributed by atoms with E-state index in [-0.39, 0.29) is 23.8 Å². The lowest BCUT2D eigenvalue weighted by Gasteiger charge is -2.02. The summed E-state index contributed by atoms with van der Waals surface area (Å²) in [4.78, 5) is 42.4. The van der Waals surface area contributed by atoms with E-state index < -0.39 is 0 Å². The first-order valence-corrected chi connectivity index (χ1v) is 7.77. The predicted octanol–water partition coefficient (Wildman–Crippen LogP) is 2.13. The molecule has 0 aliphatic carbocycles. The van der Waals surface area contributed by atoms with E-state index >= 15 is 0 Å². The number of ether oxygens (including phenoxy) is 2. The Morgan fingerprint density at radius 3 is 0.731 bits per heavy atom. The van der Waals surface area contributed by atoms with Crippen LogP contribution in [-0.4, -0.2) is 76.0 Å². The number of esters is 2. The third-order valence-electron chi connectivity index (χ3n) is 2.17. The van der Waals surface area contributed by atoms with Crippen LogP contribution in [0.5, 0.6) is 0 Å². The van der Waals surface area contributed by atoms with Crippen LogP contribution in [0.2, 0.25) is 0 Å². The quantitative estimate of drug-likeness (QED) is 0.473. The van der Waals surface area contributed by atoms with Crippen LogP contribution in [0.3, 0.4) is 0 Å². The molecule has 8 heteroatoms. The Balaban J connectivity index is -0.0000000712. The maximum atomic E-state index is 10.1. The van der Waals surface area contributed by atoms with Gasteiger partial charge >= 0.3 is 11.9 Å². The summed E-state index contributed by atoms with van der Waals surface area (Å²) < 4.78 is 8.22. The van der Waals surface area contributed by atoms with Gasteiger partial charge in [-0.05, 0) is 13.8 Å². The number of carbonyl (C=O) groups excluding carboxylic acids is 4. The minimum atomic E-state index is -0.245. The standard InChI is InChI=1S/2C4H9NO.C4H8.2C3H6O2/c2*1-4(6)5(2)3;1-3-4-2;2*1-3(4)5-2/h2*1-3H3;3-4H,1-2H3;2*1-2H3. The fourth-order valence-electron chi connectivity index (χ4n) is 0. The summed E-state index contributed by atoms with van der Waals surface area (Å²) in [6, 6.07) is 0. The van der Waals surface area contributed by atoms with Crippen LogP contribution in [-0.2, 0) is 28.7 Å². The number of allylic oxidation sites excluding steroid dienone is 2. The number of nitrogens with zero attached hydrogens (tertiary/aromatic N) is 2.